The summed E-state index contributed by atoms with van der Waals surface area (Å²) < 4.78 is 0. The summed E-state index contributed by atoms with van der Waals surface area (Å²) in [6, 6.07) is 2.63. The van der Waals surface area contributed by atoms with E-state index in [1.165, 1.54) is 0 Å². The van der Waals surface area contributed by atoms with Gasteiger partial charge in [-0.05, 0) is 25.0 Å². The first-order valence-electron chi connectivity index (χ1n) is 6.11. The number of aryl methyl sites for hydroxylation is 1. The van der Waals surface area contributed by atoms with E-state index in [2.05, 4.69) is 15.6 Å². The highest BCUT2D eigenvalue weighted by atomic mass is 16.4. The van der Waals surface area contributed by atoms with Crippen molar-refractivity contribution in [1.29, 1.82) is 0 Å². The van der Waals surface area contributed by atoms with E-state index >= 15 is 0 Å². The Morgan fingerprint density at radius 3 is 2.63 bits per heavy atom. The van der Waals surface area contributed by atoms with Gasteiger partial charge < -0.3 is 15.7 Å². The third kappa shape index (κ3) is 4.95. The Balaban J connectivity index is 2.63. The highest BCUT2D eigenvalue weighted by molar-refractivity contribution is 5.90. The maximum absolute atomic E-state index is 11.8. The minimum atomic E-state index is -0.934. The number of nitrogens with one attached hydrogen (secondary N) is 2. The van der Waals surface area contributed by atoms with E-state index in [0.29, 0.717) is 11.4 Å². The van der Waals surface area contributed by atoms with Crippen molar-refractivity contribution >= 4 is 17.7 Å². The average Bonchev–Trinajstić information content (AvgIpc) is 2.30. The van der Waals surface area contributed by atoms with E-state index in [0.717, 1.165) is 0 Å². The molecule has 6 heteroatoms. The molecule has 6 nitrogen and oxygen atoms in total. The molecular weight excluding hydrogens is 246 g/mol. The van der Waals surface area contributed by atoms with Gasteiger partial charge in [0.1, 0.15) is 0 Å². The van der Waals surface area contributed by atoms with Crippen LogP contribution in [0.4, 0.5) is 10.5 Å². The number of carbonyl (C=O) groups excluding carboxylic acids is 1. The van der Waals surface area contributed by atoms with Crippen molar-refractivity contribution in [3.63, 3.8) is 0 Å². The predicted molar refractivity (Wildman–Crippen MR) is 72.0 cm³/mol. The maximum Gasteiger partial charge on any atom is 0.319 e. The third-order valence-corrected chi connectivity index (χ3v) is 2.77. The number of anilines is 1. The second-order valence-electron chi connectivity index (χ2n) is 4.68. The van der Waals surface area contributed by atoms with Gasteiger partial charge in [0.05, 0.1) is 17.8 Å². The zero-order chi connectivity index (χ0) is 14.4. The zero-order valence-electron chi connectivity index (χ0n) is 11.3. The Hall–Kier alpha value is -2.11. The Bertz CT molecular complexity index is 460. The number of carbonyl (C=O) groups is 2. The van der Waals surface area contributed by atoms with Crippen LogP contribution in [0.15, 0.2) is 18.3 Å². The molecule has 1 atom stereocenters. The number of amides is 2. The molecule has 0 saturated carbocycles. The number of pyridine rings is 1. The molecule has 1 aromatic heterocycles. The molecule has 0 aliphatic carbocycles. The molecule has 1 unspecified atom stereocenters. The van der Waals surface area contributed by atoms with Crippen LogP contribution in [0.1, 0.15) is 26.0 Å². The molecule has 104 valence electrons. The summed E-state index contributed by atoms with van der Waals surface area (Å²) in [6.45, 7) is 5.51. The molecule has 1 heterocycles. The van der Waals surface area contributed by atoms with E-state index in [1.54, 1.807) is 25.3 Å². The Kier molecular flexibility index (Phi) is 5.29. The van der Waals surface area contributed by atoms with Gasteiger partial charge >= 0.3 is 12.0 Å². The van der Waals surface area contributed by atoms with Crippen molar-refractivity contribution in [1.82, 2.24) is 10.3 Å². The average molecular weight is 265 g/mol. The fourth-order valence-corrected chi connectivity index (χ4v) is 1.58. The van der Waals surface area contributed by atoms with Crippen molar-refractivity contribution in [2.24, 2.45) is 5.92 Å². The molecule has 0 saturated heterocycles. The van der Waals surface area contributed by atoms with Crippen LogP contribution in [0.2, 0.25) is 0 Å². The number of aromatic nitrogens is 1. The number of hydrogen-bond donors (Lipinski definition) is 3. The lowest BCUT2D eigenvalue weighted by molar-refractivity contribution is -0.137. The standard InChI is InChI=1S/C13H19N3O3/c1-8(2)11(7-12(17)18)16-13(19)15-10-5-4-6-14-9(10)3/h4-6,8,11H,7H2,1-3H3,(H,17,18)(H2,15,16,19). The Morgan fingerprint density at radius 2 is 2.11 bits per heavy atom. The van der Waals surface area contributed by atoms with Gasteiger partial charge in [-0.2, -0.15) is 0 Å². The minimum Gasteiger partial charge on any atom is -0.481 e. The van der Waals surface area contributed by atoms with Gasteiger partial charge in [-0.25, -0.2) is 4.79 Å². The van der Waals surface area contributed by atoms with Crippen LogP contribution in [-0.4, -0.2) is 28.1 Å². The molecule has 1 aromatic rings. The molecule has 0 aromatic carbocycles. The summed E-state index contributed by atoms with van der Waals surface area (Å²) in [5, 5.41) is 14.1. The van der Waals surface area contributed by atoms with E-state index in [9.17, 15) is 9.59 Å². The first-order chi connectivity index (χ1) is 8.90. The van der Waals surface area contributed by atoms with Gasteiger partial charge in [0.2, 0.25) is 0 Å². The van der Waals surface area contributed by atoms with E-state index in [4.69, 9.17) is 5.11 Å². The van der Waals surface area contributed by atoms with Crippen LogP contribution in [0.25, 0.3) is 0 Å². The fourth-order valence-electron chi connectivity index (χ4n) is 1.58. The van der Waals surface area contributed by atoms with Gasteiger partial charge in [-0.1, -0.05) is 13.8 Å². The number of urea groups is 1. The molecule has 0 fully saturated rings. The first kappa shape index (κ1) is 14.9. The SMILES string of the molecule is Cc1ncccc1NC(=O)NC(CC(=O)O)C(C)C. The summed E-state index contributed by atoms with van der Waals surface area (Å²) in [5.41, 5.74) is 1.31. The number of aliphatic carboxylic acids is 1. The van der Waals surface area contributed by atoms with Crippen LogP contribution >= 0.6 is 0 Å². The number of carboxylic acid groups (broad SMARTS) is 1. The van der Waals surface area contributed by atoms with Gasteiger partial charge in [-0.3, -0.25) is 9.78 Å². The fraction of sp³-hybridized carbons (Fsp3) is 0.462. The number of nitrogens with zero attached hydrogens (tertiary/aromatic N) is 1. The lowest BCUT2D eigenvalue weighted by atomic mass is 10.0. The topological polar surface area (TPSA) is 91.3 Å². The summed E-state index contributed by atoms with van der Waals surface area (Å²) in [6.07, 6.45) is 1.54. The second-order valence-corrected chi connectivity index (χ2v) is 4.68. The first-order valence-corrected chi connectivity index (χ1v) is 6.11. The van der Waals surface area contributed by atoms with Crippen molar-refractivity contribution in [2.45, 2.75) is 33.2 Å². The zero-order valence-corrected chi connectivity index (χ0v) is 11.3. The normalized spacial score (nSPS) is 12.0. The quantitative estimate of drug-likeness (QED) is 0.759. The molecule has 0 radical (unpaired) electrons. The van der Waals surface area contributed by atoms with E-state index in [-0.39, 0.29) is 12.3 Å². The Morgan fingerprint density at radius 1 is 1.42 bits per heavy atom. The van der Waals surface area contributed by atoms with Crippen LogP contribution < -0.4 is 10.6 Å². The minimum absolute atomic E-state index is 0.0387. The summed E-state index contributed by atoms with van der Waals surface area (Å²) >= 11 is 0. The third-order valence-electron chi connectivity index (χ3n) is 2.77. The molecular formula is C13H19N3O3. The highest BCUT2D eigenvalue weighted by Crippen LogP contribution is 2.11. The molecule has 19 heavy (non-hydrogen) atoms. The highest BCUT2D eigenvalue weighted by Gasteiger charge is 2.19. The van der Waals surface area contributed by atoms with Crippen LogP contribution in [0.3, 0.4) is 0 Å². The van der Waals surface area contributed by atoms with Gasteiger partial charge in [0.25, 0.3) is 0 Å². The van der Waals surface area contributed by atoms with E-state index < -0.39 is 18.0 Å². The molecule has 0 aliphatic rings. The molecule has 3 N–H and O–H groups in total. The molecule has 2 amide bonds. The summed E-state index contributed by atoms with van der Waals surface area (Å²) in [4.78, 5) is 26.6. The number of hydrogen-bond acceptors (Lipinski definition) is 3. The van der Waals surface area contributed by atoms with Crippen LogP contribution in [0, 0.1) is 12.8 Å². The lowest BCUT2D eigenvalue weighted by Crippen LogP contribution is -2.42. The molecule has 0 spiro atoms. The molecule has 1 rings (SSSR count). The molecule has 0 bridgehead atoms. The van der Waals surface area contributed by atoms with Crippen molar-refractivity contribution in [2.75, 3.05) is 5.32 Å². The van der Waals surface area contributed by atoms with Gasteiger partial charge in [-0.15, -0.1) is 0 Å². The van der Waals surface area contributed by atoms with Crippen LogP contribution in [0.5, 0.6) is 0 Å². The molecule has 0 aliphatic heterocycles. The van der Waals surface area contributed by atoms with E-state index in [1.807, 2.05) is 13.8 Å². The number of carboxylic acids is 1. The number of rotatable bonds is 5. The lowest BCUT2D eigenvalue weighted by Gasteiger charge is -2.21. The van der Waals surface area contributed by atoms with Crippen molar-refractivity contribution < 1.29 is 14.7 Å². The largest absolute Gasteiger partial charge is 0.481 e. The summed E-state index contributed by atoms with van der Waals surface area (Å²) in [7, 11) is 0. The van der Waals surface area contributed by atoms with Gasteiger partial charge in [0.15, 0.2) is 0 Å². The Labute approximate surface area is 112 Å². The smallest absolute Gasteiger partial charge is 0.319 e. The van der Waals surface area contributed by atoms with Crippen molar-refractivity contribution in [3.8, 4) is 0 Å². The van der Waals surface area contributed by atoms with Crippen LogP contribution in [-0.2, 0) is 4.79 Å². The monoisotopic (exact) mass is 265 g/mol. The summed E-state index contributed by atoms with van der Waals surface area (Å²) in [5.74, 6) is -0.895. The second kappa shape index (κ2) is 6.72. The van der Waals surface area contributed by atoms with Crippen molar-refractivity contribution in [3.05, 3.63) is 24.0 Å². The van der Waals surface area contributed by atoms with Gasteiger partial charge in [0, 0.05) is 12.2 Å². The predicted octanol–water partition coefficient (Wildman–Crippen LogP) is 2.01. The maximum atomic E-state index is 11.8.